The van der Waals surface area contributed by atoms with Crippen molar-refractivity contribution < 1.29 is 24.5 Å². The summed E-state index contributed by atoms with van der Waals surface area (Å²) >= 11 is 6.20. The van der Waals surface area contributed by atoms with E-state index in [2.05, 4.69) is 26.4 Å². The van der Waals surface area contributed by atoms with Gasteiger partial charge in [-0.2, -0.15) is 0 Å². The smallest absolute Gasteiger partial charge is 0.251 e. The molecule has 1 fully saturated rings. The maximum Gasteiger partial charge on any atom is 0.251 e. The molecule has 226 valence electrons. The molecular formula is C31H35ClN6O5. The Hall–Kier alpha value is -4.32. The Balaban J connectivity index is 1.36. The molecule has 3 aromatic carbocycles. The van der Waals surface area contributed by atoms with Crippen molar-refractivity contribution in [3.63, 3.8) is 0 Å². The second kappa shape index (κ2) is 13.3. The molecule has 0 bridgehead atoms. The van der Waals surface area contributed by atoms with Crippen LogP contribution >= 0.6 is 11.6 Å². The number of phenols is 2. The van der Waals surface area contributed by atoms with Crippen molar-refractivity contribution in [2.75, 3.05) is 24.6 Å². The van der Waals surface area contributed by atoms with Gasteiger partial charge >= 0.3 is 0 Å². The number of hydrazine groups is 1. The summed E-state index contributed by atoms with van der Waals surface area (Å²) in [4.78, 5) is 32.4. The minimum atomic E-state index is -0.384. The van der Waals surface area contributed by atoms with E-state index in [-0.39, 0.29) is 53.7 Å². The van der Waals surface area contributed by atoms with Crippen LogP contribution in [0.5, 0.6) is 17.2 Å². The van der Waals surface area contributed by atoms with Gasteiger partial charge in [0.15, 0.2) is 11.5 Å². The number of nitrogens with one attached hydrogen (secondary N) is 4. The Kier molecular flexibility index (Phi) is 9.34. The topological polar surface area (TPSA) is 148 Å². The van der Waals surface area contributed by atoms with Gasteiger partial charge in [0.05, 0.1) is 30.9 Å². The fraction of sp³-hybridized carbons (Fsp3) is 0.323. The largest absolute Gasteiger partial charge is 0.504 e. The van der Waals surface area contributed by atoms with Gasteiger partial charge in [0, 0.05) is 40.5 Å². The molecule has 2 unspecified atom stereocenters. The monoisotopic (exact) mass is 606 g/mol. The molecule has 5 rings (SSSR count). The second-order valence-corrected chi connectivity index (χ2v) is 10.8. The Morgan fingerprint density at radius 3 is 2.56 bits per heavy atom. The number of carbonyl (C=O) groups is 2. The maximum atomic E-state index is 12.7. The number of aliphatic imine (C=N–C) groups is 1. The summed E-state index contributed by atoms with van der Waals surface area (Å²) in [5.74, 6) is -0.422. The molecular weight excluding hydrogens is 572 g/mol. The number of ether oxygens (including phenoxy) is 1. The van der Waals surface area contributed by atoms with E-state index in [1.165, 1.54) is 18.2 Å². The molecule has 3 atom stereocenters. The molecule has 2 heterocycles. The van der Waals surface area contributed by atoms with Crippen molar-refractivity contribution in [1.82, 2.24) is 21.5 Å². The van der Waals surface area contributed by atoms with Gasteiger partial charge in [-0.3, -0.25) is 14.6 Å². The van der Waals surface area contributed by atoms with Crippen molar-refractivity contribution in [3.8, 4) is 17.2 Å². The highest BCUT2D eigenvalue weighted by Gasteiger charge is 2.40. The first-order valence-corrected chi connectivity index (χ1v) is 14.6. The molecule has 0 radical (unpaired) electrons. The van der Waals surface area contributed by atoms with Crippen LogP contribution in [0, 0.1) is 0 Å². The van der Waals surface area contributed by atoms with Crippen molar-refractivity contribution in [3.05, 3.63) is 82.4 Å². The zero-order chi connectivity index (χ0) is 30.5. The number of rotatable bonds is 10. The fourth-order valence-corrected chi connectivity index (χ4v) is 5.36. The molecule has 2 amide bonds. The SMILES string of the molecule is CCNC(=O)C[C@@H]1N=C(c2ccc(Cl)cc2)c2cc(OCCCNC(=O)c3ccc(O)c(O)c3)ccc2N2C(C)NNC12. The van der Waals surface area contributed by atoms with Gasteiger partial charge in [-0.25, -0.2) is 10.9 Å². The lowest BCUT2D eigenvalue weighted by atomic mass is 9.99. The van der Waals surface area contributed by atoms with Crippen LogP contribution in [0.15, 0.2) is 65.7 Å². The molecule has 0 aliphatic carbocycles. The Morgan fingerprint density at radius 1 is 1.02 bits per heavy atom. The van der Waals surface area contributed by atoms with E-state index in [1.54, 1.807) is 0 Å². The summed E-state index contributed by atoms with van der Waals surface area (Å²) in [5, 5.41) is 25.4. The molecule has 2 aliphatic heterocycles. The zero-order valence-corrected chi connectivity index (χ0v) is 24.7. The lowest BCUT2D eigenvalue weighted by Crippen LogP contribution is -2.47. The number of phenolic OH excluding ortho intramolecular Hbond substituents is 2. The first-order chi connectivity index (χ1) is 20.7. The average Bonchev–Trinajstić information content (AvgIpc) is 3.31. The van der Waals surface area contributed by atoms with E-state index < -0.39 is 0 Å². The standard InChI is InChI=1S/C31H35ClN6O5/c1-3-33-28(41)17-24-30-37-36-18(2)38(30)25-11-10-22(16-23(25)29(35-24)19-5-8-21(32)9-6-19)43-14-4-13-34-31(42)20-7-12-26(39)27(40)15-20/h5-12,15-16,18,24,30,36-37,39-40H,3-4,13-14,17H2,1-2H3,(H,33,41)(H,34,42)/t18?,24-,30?/m0/s1. The summed E-state index contributed by atoms with van der Waals surface area (Å²) in [6.45, 7) is 5.18. The van der Waals surface area contributed by atoms with Gasteiger partial charge in [0.25, 0.3) is 5.91 Å². The van der Waals surface area contributed by atoms with Gasteiger partial charge < -0.3 is 30.5 Å². The van der Waals surface area contributed by atoms with Gasteiger partial charge in [0.2, 0.25) is 5.91 Å². The van der Waals surface area contributed by atoms with Crippen LogP contribution in [0.25, 0.3) is 0 Å². The lowest BCUT2D eigenvalue weighted by molar-refractivity contribution is -0.121. The molecule has 3 aromatic rings. The fourth-order valence-electron chi connectivity index (χ4n) is 5.24. The third-order valence-electron chi connectivity index (χ3n) is 7.32. The number of amides is 2. The van der Waals surface area contributed by atoms with Gasteiger partial charge in [-0.1, -0.05) is 23.7 Å². The average molecular weight is 607 g/mol. The van der Waals surface area contributed by atoms with E-state index >= 15 is 0 Å². The number of hydrogen-bond donors (Lipinski definition) is 6. The maximum absolute atomic E-state index is 12.7. The van der Waals surface area contributed by atoms with E-state index in [0.29, 0.717) is 36.9 Å². The third-order valence-corrected chi connectivity index (χ3v) is 7.57. The van der Waals surface area contributed by atoms with Crippen LogP contribution in [-0.2, 0) is 4.79 Å². The van der Waals surface area contributed by atoms with Crippen LogP contribution in [-0.4, -0.2) is 65.8 Å². The summed E-state index contributed by atoms with van der Waals surface area (Å²) < 4.78 is 6.09. The number of nitrogens with zero attached hydrogens (tertiary/aromatic N) is 2. The van der Waals surface area contributed by atoms with Crippen LogP contribution < -0.4 is 31.1 Å². The number of hydrogen-bond acceptors (Lipinski definition) is 9. The Bertz CT molecular complexity index is 1520. The molecule has 6 N–H and O–H groups in total. The summed E-state index contributed by atoms with van der Waals surface area (Å²) in [6.07, 6.45) is 0.428. The third kappa shape index (κ3) is 6.85. The highest BCUT2D eigenvalue weighted by Crippen LogP contribution is 2.36. The van der Waals surface area contributed by atoms with Gasteiger partial charge in [-0.15, -0.1) is 0 Å². The van der Waals surface area contributed by atoms with Crippen LogP contribution in [0.3, 0.4) is 0 Å². The number of carbonyl (C=O) groups excluding carboxylic acids is 2. The molecule has 11 nitrogen and oxygen atoms in total. The van der Waals surface area contributed by atoms with Crippen molar-refractivity contribution in [1.29, 1.82) is 0 Å². The summed E-state index contributed by atoms with van der Waals surface area (Å²) in [5.41, 5.74) is 10.3. The lowest BCUT2D eigenvalue weighted by Gasteiger charge is -2.31. The van der Waals surface area contributed by atoms with E-state index in [9.17, 15) is 19.8 Å². The minimum absolute atomic E-state index is 0.0638. The van der Waals surface area contributed by atoms with E-state index in [4.69, 9.17) is 21.3 Å². The number of aromatic hydroxyl groups is 2. The number of anilines is 1. The molecule has 0 spiro atoms. The van der Waals surface area contributed by atoms with Gasteiger partial charge in [-0.05, 0) is 68.8 Å². The van der Waals surface area contributed by atoms with Crippen molar-refractivity contribution in [2.45, 2.75) is 45.1 Å². The van der Waals surface area contributed by atoms with Gasteiger partial charge in [0.1, 0.15) is 11.9 Å². The van der Waals surface area contributed by atoms with E-state index in [0.717, 1.165) is 22.5 Å². The van der Waals surface area contributed by atoms with Crippen molar-refractivity contribution in [2.24, 2.45) is 4.99 Å². The highest BCUT2D eigenvalue weighted by atomic mass is 35.5. The number of halogens is 1. The Labute approximate surface area is 254 Å². The van der Waals surface area contributed by atoms with E-state index in [1.807, 2.05) is 56.3 Å². The molecule has 2 aliphatic rings. The molecule has 12 heteroatoms. The highest BCUT2D eigenvalue weighted by molar-refractivity contribution is 6.30. The number of fused-ring (bicyclic) bond motifs is 3. The molecule has 43 heavy (non-hydrogen) atoms. The Morgan fingerprint density at radius 2 is 1.81 bits per heavy atom. The second-order valence-electron chi connectivity index (χ2n) is 10.4. The van der Waals surface area contributed by atoms with Crippen molar-refractivity contribution >= 4 is 34.8 Å². The van der Waals surface area contributed by atoms with Crippen LogP contribution in [0.1, 0.15) is 48.2 Å². The summed E-state index contributed by atoms with van der Waals surface area (Å²) in [6, 6.07) is 16.9. The molecule has 0 saturated carbocycles. The normalized spacial score (nSPS) is 19.1. The number of benzene rings is 3. The first kappa shape index (κ1) is 30.1. The van der Waals surface area contributed by atoms with Crippen LogP contribution in [0.2, 0.25) is 5.02 Å². The predicted molar refractivity (Wildman–Crippen MR) is 165 cm³/mol. The minimum Gasteiger partial charge on any atom is -0.504 e. The molecule has 1 saturated heterocycles. The zero-order valence-electron chi connectivity index (χ0n) is 23.9. The quantitative estimate of drug-likeness (QED) is 0.152. The molecule has 0 aromatic heterocycles. The first-order valence-electron chi connectivity index (χ1n) is 14.2. The summed E-state index contributed by atoms with van der Waals surface area (Å²) in [7, 11) is 0. The van der Waals surface area contributed by atoms with Crippen LogP contribution in [0.4, 0.5) is 5.69 Å². The predicted octanol–water partition coefficient (Wildman–Crippen LogP) is 3.28.